The first-order valence-corrected chi connectivity index (χ1v) is 7.74. The van der Waals surface area contributed by atoms with Gasteiger partial charge in [-0.25, -0.2) is 4.99 Å². The highest BCUT2D eigenvalue weighted by molar-refractivity contribution is 5.79. The van der Waals surface area contributed by atoms with Crippen molar-refractivity contribution >= 4 is 5.96 Å². The molecule has 0 amide bonds. The summed E-state index contributed by atoms with van der Waals surface area (Å²) in [6, 6.07) is 11.0. The van der Waals surface area contributed by atoms with Gasteiger partial charge in [-0.3, -0.25) is 0 Å². The molecule has 4 heteroatoms. The van der Waals surface area contributed by atoms with Gasteiger partial charge in [-0.05, 0) is 26.0 Å². The lowest BCUT2D eigenvalue weighted by Crippen LogP contribution is -2.41. The van der Waals surface area contributed by atoms with Crippen molar-refractivity contribution in [2.45, 2.75) is 32.9 Å². The topological polar surface area (TPSA) is 30.9 Å². The summed E-state index contributed by atoms with van der Waals surface area (Å²) >= 11 is 0. The van der Waals surface area contributed by atoms with E-state index in [0.29, 0.717) is 12.6 Å². The normalized spacial score (nSPS) is 13.3. The molecule has 0 heterocycles. The summed E-state index contributed by atoms with van der Waals surface area (Å²) in [5.41, 5.74) is 1.23. The number of rotatable bonds is 7. The predicted octanol–water partition coefficient (Wildman–Crippen LogP) is 2.42. The van der Waals surface area contributed by atoms with Crippen LogP contribution in [0.4, 0.5) is 0 Å². The first kappa shape index (κ1) is 17.5. The fourth-order valence-corrected chi connectivity index (χ4v) is 1.98. The first-order valence-electron chi connectivity index (χ1n) is 7.74. The Morgan fingerprint density at radius 2 is 1.86 bits per heavy atom. The molecule has 1 unspecified atom stereocenters. The number of guanidine groups is 1. The van der Waals surface area contributed by atoms with Gasteiger partial charge in [0.05, 0.1) is 6.54 Å². The number of benzene rings is 1. The van der Waals surface area contributed by atoms with E-state index in [1.807, 2.05) is 25.1 Å². The quantitative estimate of drug-likeness (QED) is 0.618. The van der Waals surface area contributed by atoms with Crippen LogP contribution in [0.3, 0.4) is 0 Å². The Hall–Kier alpha value is -1.55. The van der Waals surface area contributed by atoms with Crippen LogP contribution in [0.5, 0.6) is 0 Å². The molecule has 0 saturated carbocycles. The van der Waals surface area contributed by atoms with Crippen molar-refractivity contribution < 1.29 is 0 Å². The number of nitrogens with zero attached hydrogens (tertiary/aromatic N) is 3. The lowest BCUT2D eigenvalue weighted by molar-refractivity contribution is 0.255. The summed E-state index contributed by atoms with van der Waals surface area (Å²) in [5.74, 6) is 0.941. The Morgan fingerprint density at radius 3 is 2.43 bits per heavy atom. The molecule has 0 radical (unpaired) electrons. The van der Waals surface area contributed by atoms with Crippen molar-refractivity contribution in [3.63, 3.8) is 0 Å². The molecule has 1 rings (SSSR count). The maximum atomic E-state index is 4.67. The zero-order valence-electron chi connectivity index (χ0n) is 14.1. The average molecular weight is 290 g/mol. The van der Waals surface area contributed by atoms with Crippen LogP contribution in [0.2, 0.25) is 0 Å². The van der Waals surface area contributed by atoms with Crippen LogP contribution < -0.4 is 5.32 Å². The summed E-state index contributed by atoms with van der Waals surface area (Å²) in [7, 11) is 6.22. The van der Waals surface area contributed by atoms with Gasteiger partial charge in [0.15, 0.2) is 5.96 Å². The van der Waals surface area contributed by atoms with Crippen molar-refractivity contribution in [3.8, 4) is 0 Å². The summed E-state index contributed by atoms with van der Waals surface area (Å²) in [6.07, 6.45) is 1.18. The molecular weight excluding hydrogens is 260 g/mol. The minimum absolute atomic E-state index is 0.621. The molecule has 0 aliphatic rings. The molecule has 1 aromatic rings. The van der Waals surface area contributed by atoms with Gasteiger partial charge in [0.25, 0.3) is 0 Å². The number of hydrogen-bond acceptors (Lipinski definition) is 2. The summed E-state index contributed by atoms with van der Waals surface area (Å²) < 4.78 is 0. The molecule has 21 heavy (non-hydrogen) atoms. The van der Waals surface area contributed by atoms with Crippen LogP contribution in [-0.2, 0) is 6.54 Å². The van der Waals surface area contributed by atoms with Gasteiger partial charge in [-0.15, -0.1) is 0 Å². The van der Waals surface area contributed by atoms with Crippen molar-refractivity contribution in [2.24, 2.45) is 4.99 Å². The van der Waals surface area contributed by atoms with E-state index in [4.69, 9.17) is 0 Å². The van der Waals surface area contributed by atoms with Gasteiger partial charge in [0, 0.05) is 33.2 Å². The maximum absolute atomic E-state index is 4.67. The lowest BCUT2D eigenvalue weighted by atomic mass is 10.2. The van der Waals surface area contributed by atoms with Crippen molar-refractivity contribution in [1.29, 1.82) is 0 Å². The summed E-state index contributed by atoms with van der Waals surface area (Å²) in [5, 5.41) is 3.43. The average Bonchev–Trinajstić information content (AvgIpc) is 2.50. The Morgan fingerprint density at radius 1 is 1.19 bits per heavy atom. The SMILES string of the molecule is CCC(C)N(C)CCNC(=NCc1ccccc1)N(C)C. The monoisotopic (exact) mass is 290 g/mol. The Bertz CT molecular complexity index is 414. The molecular formula is C17H30N4. The van der Waals surface area contributed by atoms with E-state index in [-0.39, 0.29) is 0 Å². The largest absolute Gasteiger partial charge is 0.355 e. The molecule has 0 aromatic heterocycles. The van der Waals surface area contributed by atoms with Crippen LogP contribution in [0, 0.1) is 0 Å². The lowest BCUT2D eigenvalue weighted by Gasteiger charge is -2.25. The Labute approximate surface area is 129 Å². The molecule has 0 spiro atoms. The second kappa shape index (κ2) is 9.40. The second-order valence-electron chi connectivity index (χ2n) is 5.68. The fourth-order valence-electron chi connectivity index (χ4n) is 1.98. The Kier molecular flexibility index (Phi) is 7.83. The van der Waals surface area contributed by atoms with Gasteiger partial charge in [0.1, 0.15) is 0 Å². The first-order chi connectivity index (χ1) is 10.0. The third-order valence-corrected chi connectivity index (χ3v) is 3.77. The van der Waals surface area contributed by atoms with E-state index in [2.05, 4.69) is 60.4 Å². The van der Waals surface area contributed by atoms with E-state index in [9.17, 15) is 0 Å². The standard InChI is InChI=1S/C17H30N4/c1-6-15(2)21(5)13-12-18-17(20(3)4)19-14-16-10-8-7-9-11-16/h7-11,15H,6,12-14H2,1-5H3,(H,18,19). The third-order valence-electron chi connectivity index (χ3n) is 3.77. The van der Waals surface area contributed by atoms with E-state index < -0.39 is 0 Å². The Balaban J connectivity index is 2.47. The number of hydrogen-bond donors (Lipinski definition) is 1. The van der Waals surface area contributed by atoms with Gasteiger partial charge in [-0.2, -0.15) is 0 Å². The van der Waals surface area contributed by atoms with E-state index in [1.165, 1.54) is 12.0 Å². The fraction of sp³-hybridized carbons (Fsp3) is 0.588. The third kappa shape index (κ3) is 6.63. The van der Waals surface area contributed by atoms with Crippen molar-refractivity contribution in [2.75, 3.05) is 34.2 Å². The summed E-state index contributed by atoms with van der Waals surface area (Å²) in [6.45, 7) is 7.12. The van der Waals surface area contributed by atoms with Crippen LogP contribution in [0.25, 0.3) is 0 Å². The summed E-state index contributed by atoms with van der Waals surface area (Å²) in [4.78, 5) is 9.07. The molecule has 1 aromatic carbocycles. The predicted molar refractivity (Wildman–Crippen MR) is 91.7 cm³/mol. The van der Waals surface area contributed by atoms with Crippen molar-refractivity contribution in [1.82, 2.24) is 15.1 Å². The zero-order chi connectivity index (χ0) is 15.7. The van der Waals surface area contributed by atoms with Crippen LogP contribution >= 0.6 is 0 Å². The van der Waals surface area contributed by atoms with E-state index in [0.717, 1.165) is 19.0 Å². The van der Waals surface area contributed by atoms with Crippen LogP contribution in [0.15, 0.2) is 35.3 Å². The van der Waals surface area contributed by atoms with Crippen LogP contribution in [-0.4, -0.2) is 56.0 Å². The highest BCUT2D eigenvalue weighted by Gasteiger charge is 2.07. The molecule has 0 saturated heterocycles. The van der Waals surface area contributed by atoms with Crippen LogP contribution in [0.1, 0.15) is 25.8 Å². The van der Waals surface area contributed by atoms with Gasteiger partial charge in [0.2, 0.25) is 0 Å². The van der Waals surface area contributed by atoms with Crippen molar-refractivity contribution in [3.05, 3.63) is 35.9 Å². The molecule has 118 valence electrons. The van der Waals surface area contributed by atoms with E-state index in [1.54, 1.807) is 0 Å². The van der Waals surface area contributed by atoms with E-state index >= 15 is 0 Å². The number of aliphatic imine (C=N–C) groups is 1. The minimum atomic E-state index is 0.621. The zero-order valence-corrected chi connectivity index (χ0v) is 14.1. The number of nitrogens with one attached hydrogen (secondary N) is 1. The molecule has 1 atom stereocenters. The maximum Gasteiger partial charge on any atom is 0.193 e. The smallest absolute Gasteiger partial charge is 0.193 e. The minimum Gasteiger partial charge on any atom is -0.355 e. The molecule has 0 aliphatic heterocycles. The molecule has 0 bridgehead atoms. The molecule has 1 N–H and O–H groups in total. The highest BCUT2D eigenvalue weighted by atomic mass is 15.3. The highest BCUT2D eigenvalue weighted by Crippen LogP contribution is 2.01. The van der Waals surface area contributed by atoms with Gasteiger partial charge < -0.3 is 15.1 Å². The molecule has 4 nitrogen and oxygen atoms in total. The molecule has 0 aliphatic carbocycles. The number of likely N-dealkylation sites (N-methyl/N-ethyl adjacent to an activating group) is 1. The molecule has 0 fully saturated rings. The second-order valence-corrected chi connectivity index (χ2v) is 5.68. The van der Waals surface area contributed by atoms with Gasteiger partial charge in [-0.1, -0.05) is 37.3 Å². The van der Waals surface area contributed by atoms with Gasteiger partial charge >= 0.3 is 0 Å².